The lowest BCUT2D eigenvalue weighted by Gasteiger charge is -2.07. The Balaban J connectivity index is 1.77. The fourth-order valence-corrected chi connectivity index (χ4v) is 2.74. The van der Waals surface area contributed by atoms with Crippen LogP contribution in [0.15, 0.2) is 46.9 Å². The number of imidazole rings is 1. The van der Waals surface area contributed by atoms with Gasteiger partial charge in [0.2, 0.25) is 5.95 Å². The van der Waals surface area contributed by atoms with E-state index in [1.54, 1.807) is 7.11 Å². The molecule has 2 aromatic heterocycles. The number of anilines is 2. The van der Waals surface area contributed by atoms with E-state index in [0.717, 1.165) is 26.9 Å². The van der Waals surface area contributed by atoms with E-state index in [1.165, 1.54) is 0 Å². The van der Waals surface area contributed by atoms with Crippen molar-refractivity contribution >= 4 is 44.4 Å². The molecule has 0 unspecified atom stereocenters. The molecule has 0 fully saturated rings. The monoisotopic (exact) mass is 357 g/mol. The molecule has 2 heterocycles. The van der Waals surface area contributed by atoms with E-state index in [0.29, 0.717) is 11.7 Å². The van der Waals surface area contributed by atoms with Crippen LogP contribution in [0.3, 0.4) is 0 Å². The minimum Gasteiger partial charge on any atom is -0.495 e. The number of nitrogens with one attached hydrogen (secondary N) is 2. The normalized spacial score (nSPS) is 11.2. The highest BCUT2D eigenvalue weighted by Crippen LogP contribution is 2.26. The molecule has 2 aromatic carbocycles. The van der Waals surface area contributed by atoms with Crippen LogP contribution in [0.5, 0.6) is 5.75 Å². The van der Waals surface area contributed by atoms with Gasteiger partial charge in [-0.25, -0.2) is 9.50 Å². The van der Waals surface area contributed by atoms with Gasteiger partial charge in [0.05, 0.1) is 23.8 Å². The summed E-state index contributed by atoms with van der Waals surface area (Å²) in [6, 6.07) is 13.6. The number of H-pyrrole nitrogens is 1. The maximum atomic E-state index is 5.32. The number of benzene rings is 2. The maximum Gasteiger partial charge on any atom is 0.253 e. The van der Waals surface area contributed by atoms with Crippen LogP contribution >= 0.6 is 15.9 Å². The van der Waals surface area contributed by atoms with Gasteiger partial charge in [-0.2, -0.15) is 4.98 Å². The molecule has 0 bridgehead atoms. The molecular formula is C15H12BrN5O. The summed E-state index contributed by atoms with van der Waals surface area (Å²) in [6.07, 6.45) is 0. The molecule has 7 heteroatoms. The molecule has 2 N–H and O–H groups in total. The van der Waals surface area contributed by atoms with Gasteiger partial charge in [0.25, 0.3) is 5.78 Å². The van der Waals surface area contributed by atoms with Gasteiger partial charge in [0.1, 0.15) is 5.75 Å². The summed E-state index contributed by atoms with van der Waals surface area (Å²) in [7, 11) is 1.64. The van der Waals surface area contributed by atoms with Crippen molar-refractivity contribution in [3.8, 4) is 5.75 Å². The Kier molecular flexibility index (Phi) is 3.00. The average molecular weight is 358 g/mol. The molecule has 6 nitrogen and oxygen atoms in total. The molecule has 0 aliphatic carbocycles. The van der Waals surface area contributed by atoms with E-state index < -0.39 is 0 Å². The van der Waals surface area contributed by atoms with Crippen molar-refractivity contribution in [2.75, 3.05) is 12.4 Å². The SMILES string of the molecule is COc1ccccc1Nc1nc2nc3cc(Br)ccc3n2[nH]1. The maximum absolute atomic E-state index is 5.32. The first-order chi connectivity index (χ1) is 10.7. The first kappa shape index (κ1) is 13.1. The molecule has 22 heavy (non-hydrogen) atoms. The first-order valence-electron chi connectivity index (χ1n) is 6.68. The van der Waals surface area contributed by atoms with E-state index in [9.17, 15) is 0 Å². The number of hydrogen-bond donors (Lipinski definition) is 2. The lowest BCUT2D eigenvalue weighted by Crippen LogP contribution is -1.96. The van der Waals surface area contributed by atoms with Crippen LogP contribution in [-0.4, -0.2) is 26.7 Å². The van der Waals surface area contributed by atoms with E-state index in [1.807, 2.05) is 47.0 Å². The van der Waals surface area contributed by atoms with Gasteiger partial charge in [-0.15, -0.1) is 0 Å². The van der Waals surface area contributed by atoms with Crippen LogP contribution in [0.2, 0.25) is 0 Å². The second kappa shape index (κ2) is 5.03. The van der Waals surface area contributed by atoms with Gasteiger partial charge in [-0.1, -0.05) is 28.1 Å². The Morgan fingerprint density at radius 1 is 1.18 bits per heavy atom. The Bertz CT molecular complexity index is 975. The molecule has 110 valence electrons. The number of ether oxygens (including phenoxy) is 1. The Morgan fingerprint density at radius 2 is 2.05 bits per heavy atom. The molecule has 0 radical (unpaired) electrons. The highest BCUT2D eigenvalue weighted by Gasteiger charge is 2.11. The number of methoxy groups -OCH3 is 1. The van der Waals surface area contributed by atoms with E-state index in [2.05, 4.69) is 36.3 Å². The van der Waals surface area contributed by atoms with Crippen molar-refractivity contribution in [3.63, 3.8) is 0 Å². The van der Waals surface area contributed by atoms with Crippen molar-refractivity contribution in [3.05, 3.63) is 46.9 Å². The van der Waals surface area contributed by atoms with Crippen LogP contribution in [-0.2, 0) is 0 Å². The van der Waals surface area contributed by atoms with Crippen molar-refractivity contribution in [1.29, 1.82) is 0 Å². The van der Waals surface area contributed by atoms with Gasteiger partial charge >= 0.3 is 0 Å². The molecule has 0 saturated carbocycles. The highest BCUT2D eigenvalue weighted by molar-refractivity contribution is 9.10. The lowest BCUT2D eigenvalue weighted by molar-refractivity contribution is 0.417. The summed E-state index contributed by atoms with van der Waals surface area (Å²) in [5.41, 5.74) is 2.70. The molecular weight excluding hydrogens is 346 g/mol. The number of aromatic amines is 1. The third-order valence-electron chi connectivity index (χ3n) is 3.39. The predicted octanol–water partition coefficient (Wildman–Crippen LogP) is 3.73. The van der Waals surface area contributed by atoms with Crippen LogP contribution in [0.1, 0.15) is 0 Å². The zero-order chi connectivity index (χ0) is 15.1. The molecule has 4 aromatic rings. The Morgan fingerprint density at radius 3 is 2.91 bits per heavy atom. The quantitative estimate of drug-likeness (QED) is 0.586. The predicted molar refractivity (Wildman–Crippen MR) is 88.8 cm³/mol. The third-order valence-corrected chi connectivity index (χ3v) is 3.88. The minimum atomic E-state index is 0.608. The zero-order valence-corrected chi connectivity index (χ0v) is 13.3. The van der Waals surface area contributed by atoms with Crippen molar-refractivity contribution in [2.45, 2.75) is 0 Å². The van der Waals surface area contributed by atoms with Crippen LogP contribution in [0, 0.1) is 0 Å². The first-order valence-corrected chi connectivity index (χ1v) is 7.47. The summed E-state index contributed by atoms with van der Waals surface area (Å²) in [5, 5.41) is 6.41. The number of nitrogens with zero attached hydrogens (tertiary/aromatic N) is 3. The second-order valence-electron chi connectivity index (χ2n) is 4.78. The van der Waals surface area contributed by atoms with Crippen LogP contribution < -0.4 is 10.1 Å². The molecule has 0 spiro atoms. The van der Waals surface area contributed by atoms with Gasteiger partial charge in [0.15, 0.2) is 0 Å². The Labute approximate surface area is 134 Å². The number of aromatic nitrogens is 4. The molecule has 0 aliphatic rings. The number of halogens is 1. The number of fused-ring (bicyclic) bond motifs is 3. The minimum absolute atomic E-state index is 0.608. The van der Waals surface area contributed by atoms with Gasteiger partial charge in [0, 0.05) is 4.47 Å². The van der Waals surface area contributed by atoms with Crippen molar-refractivity contribution in [1.82, 2.24) is 19.6 Å². The summed E-state index contributed by atoms with van der Waals surface area (Å²) in [6.45, 7) is 0. The third kappa shape index (κ3) is 2.10. The summed E-state index contributed by atoms with van der Waals surface area (Å²) >= 11 is 3.45. The average Bonchev–Trinajstić information content (AvgIpc) is 3.04. The molecule has 0 amide bonds. The van der Waals surface area contributed by atoms with Gasteiger partial charge in [-0.3, -0.25) is 5.10 Å². The molecule has 0 atom stereocenters. The zero-order valence-electron chi connectivity index (χ0n) is 11.7. The molecule has 4 rings (SSSR count). The fourth-order valence-electron chi connectivity index (χ4n) is 2.39. The summed E-state index contributed by atoms with van der Waals surface area (Å²) in [5.74, 6) is 1.98. The topological polar surface area (TPSA) is 67.2 Å². The van der Waals surface area contributed by atoms with E-state index in [-0.39, 0.29) is 0 Å². The largest absolute Gasteiger partial charge is 0.495 e. The fraction of sp³-hybridized carbons (Fsp3) is 0.0667. The number of hydrogen-bond acceptors (Lipinski definition) is 4. The van der Waals surface area contributed by atoms with Crippen LogP contribution in [0.25, 0.3) is 16.8 Å². The molecule has 0 aliphatic heterocycles. The lowest BCUT2D eigenvalue weighted by atomic mass is 10.3. The summed E-state index contributed by atoms with van der Waals surface area (Å²) < 4.78 is 8.17. The number of rotatable bonds is 3. The van der Waals surface area contributed by atoms with Crippen LogP contribution in [0.4, 0.5) is 11.6 Å². The summed E-state index contributed by atoms with van der Waals surface area (Å²) in [4.78, 5) is 8.96. The molecule has 0 saturated heterocycles. The smallest absolute Gasteiger partial charge is 0.253 e. The van der Waals surface area contributed by atoms with Gasteiger partial charge < -0.3 is 10.1 Å². The second-order valence-corrected chi connectivity index (χ2v) is 5.69. The number of para-hydroxylation sites is 2. The van der Waals surface area contributed by atoms with Crippen molar-refractivity contribution < 1.29 is 4.74 Å². The van der Waals surface area contributed by atoms with Crippen molar-refractivity contribution in [2.24, 2.45) is 0 Å². The highest BCUT2D eigenvalue weighted by atomic mass is 79.9. The van der Waals surface area contributed by atoms with E-state index >= 15 is 0 Å². The van der Waals surface area contributed by atoms with Gasteiger partial charge in [-0.05, 0) is 30.3 Å². The van der Waals surface area contributed by atoms with E-state index in [4.69, 9.17) is 4.74 Å². The Hall–Kier alpha value is -2.54. The standard InChI is InChI=1S/C15H12BrN5O/c1-22-13-5-3-2-4-10(13)17-14-19-15-18-11-8-9(16)6-7-12(11)21(15)20-14/h2-8H,1H3,(H2,17,18,19,20).